The van der Waals surface area contributed by atoms with Crippen molar-refractivity contribution >= 4 is 47.1 Å². The number of ether oxygens (including phenoxy) is 2. The van der Waals surface area contributed by atoms with Gasteiger partial charge in [-0.15, -0.1) is 0 Å². The SMILES string of the molecule is C[C@H](NC(=O)OC(C)(C)C)C(=O)NC[C@H](NC(=O)c1c(Cl)cc(-c2ccccc2)cc1Cl)C(=O)OCc1ccccc1. The van der Waals surface area contributed by atoms with Crippen LogP contribution in [0.25, 0.3) is 11.1 Å². The first kappa shape index (κ1) is 32.4. The van der Waals surface area contributed by atoms with Gasteiger partial charge in [-0.1, -0.05) is 83.9 Å². The molecule has 3 N–H and O–H groups in total. The number of hydrogen-bond acceptors (Lipinski definition) is 6. The molecular weight excluding hydrogens is 581 g/mol. The Morgan fingerprint density at radius 1 is 0.833 bits per heavy atom. The van der Waals surface area contributed by atoms with Gasteiger partial charge in [-0.25, -0.2) is 9.59 Å². The fourth-order valence-corrected chi connectivity index (χ4v) is 4.40. The van der Waals surface area contributed by atoms with Crippen LogP contribution in [0.1, 0.15) is 43.6 Å². The Hall–Kier alpha value is -4.08. The highest BCUT2D eigenvalue weighted by molar-refractivity contribution is 6.40. The molecule has 3 amide bonds. The van der Waals surface area contributed by atoms with Gasteiger partial charge in [0.2, 0.25) is 5.91 Å². The van der Waals surface area contributed by atoms with E-state index in [0.29, 0.717) is 5.56 Å². The molecule has 0 bridgehead atoms. The average Bonchev–Trinajstić information content (AvgIpc) is 2.93. The maximum atomic E-state index is 13.3. The quantitative estimate of drug-likeness (QED) is 0.258. The van der Waals surface area contributed by atoms with Crippen molar-refractivity contribution in [2.45, 2.75) is 52.0 Å². The number of rotatable bonds is 10. The minimum Gasteiger partial charge on any atom is -0.459 e. The smallest absolute Gasteiger partial charge is 0.408 e. The summed E-state index contributed by atoms with van der Waals surface area (Å²) in [7, 11) is 0. The zero-order valence-electron chi connectivity index (χ0n) is 23.7. The van der Waals surface area contributed by atoms with Gasteiger partial charge in [-0.3, -0.25) is 9.59 Å². The third kappa shape index (κ3) is 9.78. The number of alkyl carbamates (subject to hydrolysis) is 1. The highest BCUT2D eigenvalue weighted by Gasteiger charge is 2.28. The van der Waals surface area contributed by atoms with Crippen LogP contribution in [-0.4, -0.2) is 48.1 Å². The predicted octanol–water partition coefficient (Wildman–Crippen LogP) is 5.53. The van der Waals surface area contributed by atoms with Gasteiger partial charge in [0, 0.05) is 6.54 Å². The molecule has 0 fully saturated rings. The van der Waals surface area contributed by atoms with E-state index in [1.54, 1.807) is 57.2 Å². The maximum absolute atomic E-state index is 13.3. The third-order valence-electron chi connectivity index (χ3n) is 5.80. The van der Waals surface area contributed by atoms with Crippen molar-refractivity contribution in [1.82, 2.24) is 16.0 Å². The summed E-state index contributed by atoms with van der Waals surface area (Å²) in [5.74, 6) is -2.15. The number of esters is 1. The van der Waals surface area contributed by atoms with Crippen LogP contribution in [0.5, 0.6) is 0 Å². The molecule has 0 radical (unpaired) electrons. The Morgan fingerprint density at radius 3 is 1.98 bits per heavy atom. The molecule has 0 saturated heterocycles. The molecule has 0 aliphatic carbocycles. The minimum atomic E-state index is -1.31. The van der Waals surface area contributed by atoms with E-state index in [-0.39, 0.29) is 28.8 Å². The second kappa shape index (κ2) is 14.7. The van der Waals surface area contributed by atoms with E-state index in [1.807, 2.05) is 36.4 Å². The summed E-state index contributed by atoms with van der Waals surface area (Å²) in [5, 5.41) is 7.70. The molecule has 0 aliphatic rings. The normalized spacial score (nSPS) is 12.4. The van der Waals surface area contributed by atoms with Gasteiger partial charge in [0.1, 0.15) is 24.3 Å². The summed E-state index contributed by atoms with van der Waals surface area (Å²) >= 11 is 12.9. The average molecular weight is 615 g/mol. The van der Waals surface area contributed by atoms with Crippen LogP contribution in [0.4, 0.5) is 4.79 Å². The molecule has 0 saturated carbocycles. The molecule has 0 aromatic heterocycles. The lowest BCUT2D eigenvalue weighted by Crippen LogP contribution is -2.53. The summed E-state index contributed by atoms with van der Waals surface area (Å²) in [6.45, 7) is 6.15. The summed E-state index contributed by atoms with van der Waals surface area (Å²) in [4.78, 5) is 51.1. The Bertz CT molecular complexity index is 1390. The Labute approximate surface area is 254 Å². The maximum Gasteiger partial charge on any atom is 0.408 e. The third-order valence-corrected chi connectivity index (χ3v) is 6.39. The highest BCUT2D eigenvalue weighted by Crippen LogP contribution is 2.31. The van der Waals surface area contributed by atoms with Crippen LogP contribution in [-0.2, 0) is 25.7 Å². The first-order valence-electron chi connectivity index (χ1n) is 13.2. The molecule has 2 atom stereocenters. The van der Waals surface area contributed by atoms with Crippen molar-refractivity contribution in [3.63, 3.8) is 0 Å². The van der Waals surface area contributed by atoms with Gasteiger partial charge in [0.15, 0.2) is 0 Å². The monoisotopic (exact) mass is 613 g/mol. The lowest BCUT2D eigenvalue weighted by atomic mass is 10.0. The topological polar surface area (TPSA) is 123 Å². The Morgan fingerprint density at radius 2 is 1.40 bits per heavy atom. The second-order valence-electron chi connectivity index (χ2n) is 10.4. The number of carbonyl (C=O) groups is 4. The zero-order chi connectivity index (χ0) is 30.9. The van der Waals surface area contributed by atoms with Crippen molar-refractivity contribution in [1.29, 1.82) is 0 Å². The van der Waals surface area contributed by atoms with Gasteiger partial charge in [0.25, 0.3) is 5.91 Å². The van der Waals surface area contributed by atoms with Gasteiger partial charge in [-0.05, 0) is 56.5 Å². The van der Waals surface area contributed by atoms with Gasteiger partial charge in [-0.2, -0.15) is 0 Å². The molecule has 222 valence electrons. The van der Waals surface area contributed by atoms with E-state index in [9.17, 15) is 19.2 Å². The summed E-state index contributed by atoms with van der Waals surface area (Å²) in [6.07, 6.45) is -0.777. The number of amides is 3. The van der Waals surface area contributed by atoms with Crippen LogP contribution in [0.2, 0.25) is 10.0 Å². The molecule has 9 nitrogen and oxygen atoms in total. The standard InChI is InChI=1S/C31H33Cl2N3O6/c1-19(35-30(40)42-31(2,3)4)27(37)34-17-25(29(39)41-18-20-11-7-5-8-12-20)36-28(38)26-23(32)15-22(16-24(26)33)21-13-9-6-10-14-21/h5-16,19,25H,17-18H2,1-4H3,(H,34,37)(H,35,40)(H,36,38)/t19-,25-/m0/s1. The van der Waals surface area contributed by atoms with E-state index >= 15 is 0 Å². The number of benzene rings is 3. The van der Waals surface area contributed by atoms with Gasteiger partial charge >= 0.3 is 12.1 Å². The van der Waals surface area contributed by atoms with Gasteiger partial charge < -0.3 is 25.4 Å². The second-order valence-corrected chi connectivity index (χ2v) is 11.2. The van der Waals surface area contributed by atoms with Crippen molar-refractivity contribution < 1.29 is 28.7 Å². The molecular formula is C31H33Cl2N3O6. The number of hydrogen-bond donors (Lipinski definition) is 3. The molecule has 3 aromatic carbocycles. The van der Waals surface area contributed by atoms with Crippen LogP contribution in [0, 0.1) is 0 Å². The molecule has 0 heterocycles. The van der Waals surface area contributed by atoms with E-state index in [2.05, 4.69) is 16.0 Å². The summed E-state index contributed by atoms with van der Waals surface area (Å²) < 4.78 is 10.6. The molecule has 0 unspecified atom stereocenters. The van der Waals surface area contributed by atoms with Crippen molar-refractivity contribution in [2.24, 2.45) is 0 Å². The molecule has 42 heavy (non-hydrogen) atoms. The highest BCUT2D eigenvalue weighted by atomic mass is 35.5. The Balaban J connectivity index is 1.74. The summed E-state index contributed by atoms with van der Waals surface area (Å²) in [6, 6.07) is 19.2. The largest absolute Gasteiger partial charge is 0.459 e. The molecule has 3 rings (SSSR count). The van der Waals surface area contributed by atoms with E-state index in [0.717, 1.165) is 11.1 Å². The van der Waals surface area contributed by atoms with Crippen molar-refractivity contribution in [3.05, 3.63) is 94.0 Å². The van der Waals surface area contributed by atoms with Crippen LogP contribution < -0.4 is 16.0 Å². The minimum absolute atomic E-state index is 0.0369. The lowest BCUT2D eigenvalue weighted by molar-refractivity contribution is -0.147. The van der Waals surface area contributed by atoms with Crippen LogP contribution >= 0.6 is 23.2 Å². The molecule has 0 spiro atoms. The molecule has 0 aliphatic heterocycles. The van der Waals surface area contributed by atoms with E-state index < -0.39 is 41.6 Å². The number of carbonyl (C=O) groups excluding carboxylic acids is 4. The molecule has 3 aromatic rings. The first-order valence-corrected chi connectivity index (χ1v) is 13.9. The summed E-state index contributed by atoms with van der Waals surface area (Å²) in [5.41, 5.74) is 1.51. The van der Waals surface area contributed by atoms with Crippen LogP contribution in [0.3, 0.4) is 0 Å². The zero-order valence-corrected chi connectivity index (χ0v) is 25.2. The fraction of sp³-hybridized carbons (Fsp3) is 0.290. The fourth-order valence-electron chi connectivity index (χ4n) is 3.75. The first-order chi connectivity index (χ1) is 19.8. The van der Waals surface area contributed by atoms with Gasteiger partial charge in [0.05, 0.1) is 15.6 Å². The molecule has 11 heteroatoms. The van der Waals surface area contributed by atoms with Crippen molar-refractivity contribution in [2.75, 3.05) is 6.54 Å². The number of halogens is 2. The number of nitrogens with one attached hydrogen (secondary N) is 3. The predicted molar refractivity (Wildman–Crippen MR) is 161 cm³/mol. The Kier molecular flexibility index (Phi) is 11.4. The van der Waals surface area contributed by atoms with Crippen LogP contribution in [0.15, 0.2) is 72.8 Å². The van der Waals surface area contributed by atoms with Crippen molar-refractivity contribution in [3.8, 4) is 11.1 Å². The lowest BCUT2D eigenvalue weighted by Gasteiger charge is -2.23. The van der Waals surface area contributed by atoms with E-state index in [4.69, 9.17) is 32.7 Å². The van der Waals surface area contributed by atoms with E-state index in [1.165, 1.54) is 6.92 Å².